The molecule has 0 fully saturated rings. The first kappa shape index (κ1) is 23.5. The normalized spacial score (nSPS) is 11.2. The molecule has 0 radical (unpaired) electrons. The molecule has 0 aliphatic heterocycles. The highest BCUT2D eigenvalue weighted by Gasteiger charge is 2.30. The van der Waals surface area contributed by atoms with Crippen LogP contribution in [0.2, 0.25) is 0 Å². The summed E-state index contributed by atoms with van der Waals surface area (Å²) in [5, 5.41) is 12.1. The zero-order valence-corrected chi connectivity index (χ0v) is 18.3. The molecule has 1 aromatic carbocycles. The number of hydrogen-bond acceptors (Lipinski definition) is 5. The minimum Gasteiger partial charge on any atom is -0.467 e. The summed E-state index contributed by atoms with van der Waals surface area (Å²) < 4.78 is 44.7. The van der Waals surface area contributed by atoms with Crippen molar-refractivity contribution in [3.63, 3.8) is 0 Å². The van der Waals surface area contributed by atoms with Crippen molar-refractivity contribution in [2.75, 3.05) is 10.6 Å². The standard InChI is InChI=1S/C23H19F3N6O3/c1-14-19(13-29-32(14)20-9-4-15(11-27-20)23(24,25)26)21(33)30-16-5-7-17(8-6-16)31-22(34)28-12-18-3-2-10-35-18/h2-11,13H,12H2,1H3,(H,30,33)(H2,28,31,34). The lowest BCUT2D eigenvalue weighted by molar-refractivity contribution is -0.137. The van der Waals surface area contributed by atoms with Crippen LogP contribution in [0, 0.1) is 6.92 Å². The molecule has 0 saturated heterocycles. The van der Waals surface area contributed by atoms with Crippen LogP contribution in [0.1, 0.15) is 27.4 Å². The number of aromatic nitrogens is 3. The molecule has 3 aromatic heterocycles. The molecule has 0 spiro atoms. The van der Waals surface area contributed by atoms with Crippen LogP contribution in [0.25, 0.3) is 5.82 Å². The van der Waals surface area contributed by atoms with E-state index in [2.05, 4.69) is 26.0 Å². The van der Waals surface area contributed by atoms with E-state index >= 15 is 0 Å². The lowest BCUT2D eigenvalue weighted by Gasteiger charge is -2.09. The number of benzene rings is 1. The first-order valence-corrected chi connectivity index (χ1v) is 10.3. The Kier molecular flexibility index (Phi) is 6.53. The molecule has 0 unspecified atom stereocenters. The molecule has 9 nitrogen and oxygen atoms in total. The molecule has 3 heterocycles. The van der Waals surface area contributed by atoms with Crippen LogP contribution >= 0.6 is 0 Å². The number of halogens is 3. The minimum absolute atomic E-state index is 0.148. The van der Waals surface area contributed by atoms with Gasteiger partial charge >= 0.3 is 12.2 Å². The molecule has 180 valence electrons. The Morgan fingerprint density at radius 3 is 2.31 bits per heavy atom. The zero-order valence-electron chi connectivity index (χ0n) is 18.3. The van der Waals surface area contributed by atoms with Gasteiger partial charge in [-0.25, -0.2) is 14.5 Å². The summed E-state index contributed by atoms with van der Waals surface area (Å²) in [4.78, 5) is 28.5. The van der Waals surface area contributed by atoms with Crippen LogP contribution in [0.15, 0.2) is 71.6 Å². The fourth-order valence-corrected chi connectivity index (χ4v) is 3.13. The van der Waals surface area contributed by atoms with E-state index in [1.54, 1.807) is 43.3 Å². The van der Waals surface area contributed by atoms with E-state index in [0.29, 0.717) is 29.0 Å². The van der Waals surface area contributed by atoms with E-state index in [1.807, 2.05) is 0 Å². The number of nitrogens with one attached hydrogen (secondary N) is 3. The Hall–Kier alpha value is -4.61. The maximum Gasteiger partial charge on any atom is 0.417 e. The first-order chi connectivity index (χ1) is 16.7. The predicted molar refractivity (Wildman–Crippen MR) is 120 cm³/mol. The Morgan fingerprint density at radius 1 is 1.00 bits per heavy atom. The Balaban J connectivity index is 1.36. The molecule has 0 saturated carbocycles. The molecular formula is C23H19F3N6O3. The average Bonchev–Trinajstić information content (AvgIpc) is 3.48. The lowest BCUT2D eigenvalue weighted by Crippen LogP contribution is -2.27. The summed E-state index contributed by atoms with van der Waals surface area (Å²) in [6.45, 7) is 1.84. The third-order valence-corrected chi connectivity index (χ3v) is 4.95. The van der Waals surface area contributed by atoms with Crippen LogP contribution in [0.3, 0.4) is 0 Å². The lowest BCUT2D eigenvalue weighted by atomic mass is 10.2. The van der Waals surface area contributed by atoms with Gasteiger partial charge in [-0.2, -0.15) is 18.3 Å². The molecule has 0 aliphatic rings. The van der Waals surface area contributed by atoms with E-state index in [0.717, 1.165) is 6.07 Å². The Labute approximate surface area is 197 Å². The Morgan fingerprint density at radius 2 is 1.71 bits per heavy atom. The smallest absolute Gasteiger partial charge is 0.417 e. The van der Waals surface area contributed by atoms with Crippen molar-refractivity contribution in [1.29, 1.82) is 0 Å². The largest absolute Gasteiger partial charge is 0.467 e. The summed E-state index contributed by atoms with van der Waals surface area (Å²) in [6.07, 6.45) is -0.961. The maximum absolute atomic E-state index is 12.8. The molecular weight excluding hydrogens is 465 g/mol. The van der Waals surface area contributed by atoms with Crippen molar-refractivity contribution in [3.05, 3.63) is 89.8 Å². The van der Waals surface area contributed by atoms with Gasteiger partial charge in [0.25, 0.3) is 5.91 Å². The van der Waals surface area contributed by atoms with Crippen molar-refractivity contribution in [2.45, 2.75) is 19.6 Å². The molecule has 35 heavy (non-hydrogen) atoms. The van der Waals surface area contributed by atoms with Gasteiger partial charge in [-0.1, -0.05) is 0 Å². The van der Waals surface area contributed by atoms with E-state index in [-0.39, 0.29) is 17.9 Å². The zero-order chi connectivity index (χ0) is 25.0. The number of alkyl halides is 3. The highest BCUT2D eigenvalue weighted by molar-refractivity contribution is 6.05. The third kappa shape index (κ3) is 5.66. The molecule has 0 aliphatic carbocycles. The first-order valence-electron chi connectivity index (χ1n) is 10.3. The number of carbonyl (C=O) groups is 2. The van der Waals surface area contributed by atoms with E-state index in [1.165, 1.54) is 23.2 Å². The molecule has 4 aromatic rings. The van der Waals surface area contributed by atoms with Gasteiger partial charge < -0.3 is 20.4 Å². The van der Waals surface area contributed by atoms with Crippen LogP contribution in [-0.2, 0) is 12.7 Å². The molecule has 3 amide bonds. The number of amides is 3. The van der Waals surface area contributed by atoms with Gasteiger partial charge in [0.15, 0.2) is 5.82 Å². The summed E-state index contributed by atoms with van der Waals surface area (Å²) in [5.41, 5.74) is 0.734. The summed E-state index contributed by atoms with van der Waals surface area (Å²) in [7, 11) is 0. The number of urea groups is 1. The van der Waals surface area contributed by atoms with Crippen molar-refractivity contribution in [2.24, 2.45) is 0 Å². The van der Waals surface area contributed by atoms with Crippen molar-refractivity contribution >= 4 is 23.3 Å². The number of carbonyl (C=O) groups excluding carboxylic acids is 2. The van der Waals surface area contributed by atoms with Crippen LogP contribution in [-0.4, -0.2) is 26.7 Å². The van der Waals surface area contributed by atoms with Gasteiger partial charge in [-0.05, 0) is 55.5 Å². The second-order valence-electron chi connectivity index (χ2n) is 7.38. The van der Waals surface area contributed by atoms with Gasteiger partial charge in [0.05, 0.1) is 35.8 Å². The SMILES string of the molecule is Cc1c(C(=O)Nc2ccc(NC(=O)NCc3ccco3)cc2)cnn1-c1ccc(C(F)(F)F)cn1. The topological polar surface area (TPSA) is 114 Å². The van der Waals surface area contributed by atoms with Gasteiger partial charge in [0.2, 0.25) is 0 Å². The van der Waals surface area contributed by atoms with Gasteiger partial charge in [-0.15, -0.1) is 0 Å². The third-order valence-electron chi connectivity index (χ3n) is 4.95. The molecule has 0 atom stereocenters. The molecule has 4 rings (SSSR count). The van der Waals surface area contributed by atoms with Crippen LogP contribution in [0.4, 0.5) is 29.3 Å². The maximum atomic E-state index is 12.8. The Bertz CT molecular complexity index is 1310. The quantitative estimate of drug-likeness (QED) is 0.365. The molecule has 12 heteroatoms. The van der Waals surface area contributed by atoms with Crippen molar-refractivity contribution in [1.82, 2.24) is 20.1 Å². The molecule has 3 N–H and O–H groups in total. The number of pyridine rings is 1. The highest BCUT2D eigenvalue weighted by Crippen LogP contribution is 2.29. The summed E-state index contributed by atoms with van der Waals surface area (Å²) in [6, 6.07) is 11.6. The van der Waals surface area contributed by atoms with Gasteiger partial charge in [0.1, 0.15) is 5.76 Å². The van der Waals surface area contributed by atoms with Crippen LogP contribution in [0.5, 0.6) is 0 Å². The van der Waals surface area contributed by atoms with Crippen molar-refractivity contribution in [3.8, 4) is 5.82 Å². The fraction of sp³-hybridized carbons (Fsp3) is 0.130. The number of nitrogens with zero attached hydrogens (tertiary/aromatic N) is 3. The summed E-state index contributed by atoms with van der Waals surface area (Å²) >= 11 is 0. The van der Waals surface area contributed by atoms with Gasteiger partial charge in [0, 0.05) is 17.6 Å². The monoisotopic (exact) mass is 484 g/mol. The van der Waals surface area contributed by atoms with E-state index in [9.17, 15) is 22.8 Å². The molecule has 0 bridgehead atoms. The van der Waals surface area contributed by atoms with Crippen LogP contribution < -0.4 is 16.0 Å². The minimum atomic E-state index is -4.50. The second kappa shape index (κ2) is 9.71. The average molecular weight is 484 g/mol. The van der Waals surface area contributed by atoms with E-state index < -0.39 is 23.7 Å². The second-order valence-corrected chi connectivity index (χ2v) is 7.38. The van der Waals surface area contributed by atoms with Crippen molar-refractivity contribution < 1.29 is 27.2 Å². The van der Waals surface area contributed by atoms with E-state index in [4.69, 9.17) is 4.42 Å². The fourth-order valence-electron chi connectivity index (χ4n) is 3.13. The van der Waals surface area contributed by atoms with Gasteiger partial charge in [-0.3, -0.25) is 4.79 Å². The number of rotatable bonds is 6. The number of hydrogen-bond donors (Lipinski definition) is 3. The number of furan rings is 1. The summed E-state index contributed by atoms with van der Waals surface area (Å²) in [5.74, 6) is 0.304. The number of anilines is 2. The highest BCUT2D eigenvalue weighted by atomic mass is 19.4. The predicted octanol–water partition coefficient (Wildman–Crippen LogP) is 4.76.